The highest BCUT2D eigenvalue weighted by atomic mass is 35.5. The van der Waals surface area contributed by atoms with E-state index in [2.05, 4.69) is 20.5 Å². The Labute approximate surface area is 170 Å². The molecule has 2 aromatic carbocycles. The van der Waals surface area contributed by atoms with Crippen molar-refractivity contribution in [3.8, 4) is 17.0 Å². The summed E-state index contributed by atoms with van der Waals surface area (Å²) in [6.07, 6.45) is 5.50. The first-order valence-electron chi connectivity index (χ1n) is 9.44. The van der Waals surface area contributed by atoms with Crippen molar-refractivity contribution >= 4 is 28.8 Å². The number of amidine groups is 1. The van der Waals surface area contributed by atoms with Crippen LogP contribution in [0.5, 0.6) is 5.75 Å². The van der Waals surface area contributed by atoms with Crippen LogP contribution >= 0.6 is 11.6 Å². The van der Waals surface area contributed by atoms with Gasteiger partial charge in [-0.25, -0.2) is 13.8 Å². The van der Waals surface area contributed by atoms with Crippen molar-refractivity contribution in [2.24, 2.45) is 4.99 Å². The Bertz CT molecular complexity index is 1100. The molecule has 0 amide bonds. The van der Waals surface area contributed by atoms with Crippen LogP contribution in [0.1, 0.15) is 31.2 Å². The molecule has 5 rings (SSSR count). The molecular formula is C21H17ClF2N4O. The van der Waals surface area contributed by atoms with Gasteiger partial charge in [-0.15, -0.1) is 0 Å². The van der Waals surface area contributed by atoms with E-state index in [1.165, 1.54) is 24.4 Å². The highest BCUT2D eigenvalue weighted by Gasteiger charge is 2.25. The Kier molecular flexibility index (Phi) is 4.47. The number of aromatic amines is 1. The molecule has 1 fully saturated rings. The predicted molar refractivity (Wildman–Crippen MR) is 108 cm³/mol. The van der Waals surface area contributed by atoms with Gasteiger partial charge in [0.05, 0.1) is 40.0 Å². The molecule has 29 heavy (non-hydrogen) atoms. The van der Waals surface area contributed by atoms with E-state index in [1.807, 2.05) is 0 Å². The van der Waals surface area contributed by atoms with Gasteiger partial charge in [-0.05, 0) is 43.9 Å². The third-order valence-electron chi connectivity index (χ3n) is 5.24. The van der Waals surface area contributed by atoms with Crippen LogP contribution in [0.25, 0.3) is 11.3 Å². The summed E-state index contributed by atoms with van der Waals surface area (Å²) < 4.78 is 35.2. The average molecular weight is 415 g/mol. The molecule has 2 aliphatic rings. The van der Waals surface area contributed by atoms with Gasteiger partial charge >= 0.3 is 0 Å². The van der Waals surface area contributed by atoms with E-state index in [1.54, 1.807) is 12.1 Å². The van der Waals surface area contributed by atoms with E-state index in [4.69, 9.17) is 16.3 Å². The van der Waals surface area contributed by atoms with Crippen molar-refractivity contribution < 1.29 is 13.5 Å². The number of benzene rings is 2. The molecule has 0 unspecified atom stereocenters. The lowest BCUT2D eigenvalue weighted by Crippen LogP contribution is -2.15. The minimum Gasteiger partial charge on any atom is -0.487 e. The van der Waals surface area contributed by atoms with Gasteiger partial charge in [0.15, 0.2) is 11.6 Å². The Balaban J connectivity index is 1.67. The second-order valence-corrected chi connectivity index (χ2v) is 7.57. The lowest BCUT2D eigenvalue weighted by atomic mass is 10.1. The number of H-pyrrole nitrogens is 1. The van der Waals surface area contributed by atoms with Gasteiger partial charge in [0, 0.05) is 11.6 Å². The normalized spacial score (nSPS) is 15.9. The van der Waals surface area contributed by atoms with Gasteiger partial charge in [-0.2, -0.15) is 5.10 Å². The third-order valence-corrected chi connectivity index (χ3v) is 5.55. The molecule has 0 atom stereocenters. The maximum Gasteiger partial charge on any atom is 0.165 e. The maximum absolute atomic E-state index is 14.8. The van der Waals surface area contributed by atoms with E-state index < -0.39 is 11.6 Å². The monoisotopic (exact) mass is 414 g/mol. The Morgan fingerprint density at radius 2 is 1.93 bits per heavy atom. The lowest BCUT2D eigenvalue weighted by Gasteiger charge is -2.15. The average Bonchev–Trinajstić information content (AvgIpc) is 3.33. The molecular weight excluding hydrogens is 398 g/mol. The second kappa shape index (κ2) is 7.15. The first-order chi connectivity index (χ1) is 14.1. The minimum absolute atomic E-state index is 0.00127. The van der Waals surface area contributed by atoms with Crippen molar-refractivity contribution in [2.75, 3.05) is 5.32 Å². The van der Waals surface area contributed by atoms with E-state index in [0.717, 1.165) is 25.7 Å². The molecule has 1 aromatic heterocycles. The van der Waals surface area contributed by atoms with Gasteiger partial charge in [-0.1, -0.05) is 17.7 Å². The highest BCUT2D eigenvalue weighted by molar-refractivity contribution is 6.35. The number of hydrogen-bond donors (Lipinski definition) is 2. The van der Waals surface area contributed by atoms with E-state index >= 15 is 0 Å². The fourth-order valence-electron chi connectivity index (χ4n) is 3.82. The molecule has 1 aliphatic heterocycles. The fraction of sp³-hybridized carbons (Fsp3) is 0.238. The zero-order chi connectivity index (χ0) is 20.0. The van der Waals surface area contributed by atoms with Crippen molar-refractivity contribution in [1.29, 1.82) is 0 Å². The quantitative estimate of drug-likeness (QED) is 0.566. The molecule has 148 valence electrons. The van der Waals surface area contributed by atoms with Crippen LogP contribution in [0.4, 0.5) is 20.2 Å². The first kappa shape index (κ1) is 18.1. The third kappa shape index (κ3) is 3.25. The molecule has 2 N–H and O–H groups in total. The summed E-state index contributed by atoms with van der Waals surface area (Å²) >= 11 is 6.25. The summed E-state index contributed by atoms with van der Waals surface area (Å²) in [5, 5.41) is 10.2. The Hall–Kier alpha value is -2.93. The van der Waals surface area contributed by atoms with Crippen LogP contribution in [0, 0.1) is 11.6 Å². The zero-order valence-corrected chi connectivity index (χ0v) is 16.1. The molecule has 2 heterocycles. The molecule has 1 aliphatic carbocycles. The molecule has 0 saturated heterocycles. The number of nitrogens with zero attached hydrogens (tertiary/aromatic N) is 2. The molecule has 1 saturated carbocycles. The number of hydrogen-bond acceptors (Lipinski definition) is 4. The minimum atomic E-state index is -0.512. The molecule has 5 nitrogen and oxygen atoms in total. The SMILES string of the molecule is Fc1cc2c(cc1OC1CCCC1)N=C(c1c(F)cccc1Cl)Nc1cn[nH]c1-2. The number of aromatic nitrogens is 2. The lowest BCUT2D eigenvalue weighted by molar-refractivity contribution is 0.201. The number of halogens is 3. The Morgan fingerprint density at radius 3 is 2.72 bits per heavy atom. The summed E-state index contributed by atoms with van der Waals surface area (Å²) in [4.78, 5) is 4.58. The van der Waals surface area contributed by atoms with Crippen molar-refractivity contribution in [1.82, 2.24) is 10.2 Å². The Morgan fingerprint density at radius 1 is 1.10 bits per heavy atom. The number of aliphatic imine (C=N–C) groups is 1. The summed E-state index contributed by atoms with van der Waals surface area (Å²) in [6.45, 7) is 0. The number of nitrogens with one attached hydrogen (secondary N) is 2. The van der Waals surface area contributed by atoms with Gasteiger partial charge < -0.3 is 10.1 Å². The van der Waals surface area contributed by atoms with Gasteiger partial charge in [0.25, 0.3) is 0 Å². The highest BCUT2D eigenvalue weighted by Crippen LogP contribution is 2.41. The van der Waals surface area contributed by atoms with Crippen LogP contribution in [-0.4, -0.2) is 22.1 Å². The van der Waals surface area contributed by atoms with E-state index in [-0.39, 0.29) is 28.3 Å². The molecule has 0 radical (unpaired) electrons. The van der Waals surface area contributed by atoms with Crippen LogP contribution in [0.15, 0.2) is 41.5 Å². The predicted octanol–water partition coefficient (Wildman–Crippen LogP) is 5.83. The van der Waals surface area contributed by atoms with Crippen molar-refractivity contribution in [3.63, 3.8) is 0 Å². The van der Waals surface area contributed by atoms with Crippen LogP contribution in [0.2, 0.25) is 5.02 Å². The molecule has 0 spiro atoms. The summed E-state index contributed by atoms with van der Waals surface area (Å²) in [5.41, 5.74) is 2.17. The van der Waals surface area contributed by atoms with E-state index in [9.17, 15) is 8.78 Å². The number of rotatable bonds is 3. The van der Waals surface area contributed by atoms with Gasteiger partial charge in [-0.3, -0.25) is 5.10 Å². The fourth-order valence-corrected chi connectivity index (χ4v) is 4.07. The van der Waals surface area contributed by atoms with Crippen LogP contribution in [-0.2, 0) is 0 Å². The summed E-state index contributed by atoms with van der Waals surface area (Å²) in [6, 6.07) is 7.35. The second-order valence-electron chi connectivity index (χ2n) is 7.16. The largest absolute Gasteiger partial charge is 0.487 e. The maximum atomic E-state index is 14.8. The molecule has 3 aromatic rings. The summed E-state index contributed by atoms with van der Waals surface area (Å²) in [5.74, 6) is -0.630. The van der Waals surface area contributed by atoms with Crippen LogP contribution < -0.4 is 10.1 Å². The van der Waals surface area contributed by atoms with Crippen molar-refractivity contribution in [3.05, 3.63) is 58.7 Å². The van der Waals surface area contributed by atoms with Crippen molar-refractivity contribution in [2.45, 2.75) is 31.8 Å². The molecule has 0 bridgehead atoms. The first-order valence-corrected chi connectivity index (χ1v) is 9.82. The standard InChI is InChI=1S/C21H17ClF2N4O/c22-13-6-3-7-14(23)19(13)21-26-16-9-18(29-11-4-1-2-5-11)15(24)8-12(16)20-17(27-21)10-25-28-20/h3,6-11H,1-2,4-5H2,(H,25,28)(H,26,27). The number of ether oxygens (including phenoxy) is 1. The van der Waals surface area contributed by atoms with Gasteiger partial charge in [0.1, 0.15) is 11.7 Å². The zero-order valence-electron chi connectivity index (χ0n) is 15.3. The summed E-state index contributed by atoms with van der Waals surface area (Å²) in [7, 11) is 0. The van der Waals surface area contributed by atoms with Gasteiger partial charge in [0.2, 0.25) is 0 Å². The molecule has 8 heteroatoms. The van der Waals surface area contributed by atoms with E-state index in [0.29, 0.717) is 22.6 Å². The number of fused-ring (bicyclic) bond motifs is 3. The number of anilines is 1. The van der Waals surface area contributed by atoms with Crippen LogP contribution in [0.3, 0.4) is 0 Å². The topological polar surface area (TPSA) is 62.3 Å². The smallest absolute Gasteiger partial charge is 0.165 e.